The van der Waals surface area contributed by atoms with Crippen LogP contribution in [0.15, 0.2) is 53.7 Å². The second kappa shape index (κ2) is 8.86. The maximum absolute atomic E-state index is 14.6. The van der Waals surface area contributed by atoms with Crippen LogP contribution in [-0.4, -0.2) is 35.6 Å². The van der Waals surface area contributed by atoms with Crippen LogP contribution in [0.1, 0.15) is 35.9 Å². The lowest BCUT2D eigenvalue weighted by Crippen LogP contribution is -2.47. The van der Waals surface area contributed by atoms with Gasteiger partial charge >= 0.3 is 0 Å². The van der Waals surface area contributed by atoms with Gasteiger partial charge in [-0.2, -0.15) is 5.26 Å². The van der Waals surface area contributed by atoms with Gasteiger partial charge in [0.25, 0.3) is 0 Å². The fraction of sp³-hybridized carbons (Fsp3) is 0.269. The SMILES string of the molecule is COc1ccc(N2C(C3CCCN3)=Nc3c(-c4ccnc(C)c4)cc(C#N)cc3C2O)cc1F. The topological polar surface area (TPSA) is 93.8 Å². The van der Waals surface area contributed by atoms with Crippen LogP contribution in [0, 0.1) is 24.1 Å². The number of aryl methyl sites for hydroxylation is 1. The first-order valence-electron chi connectivity index (χ1n) is 11.1. The molecule has 0 saturated carbocycles. The molecule has 0 aliphatic carbocycles. The molecule has 3 heterocycles. The molecule has 2 unspecified atom stereocenters. The number of hydrogen-bond acceptors (Lipinski definition) is 7. The van der Waals surface area contributed by atoms with E-state index in [9.17, 15) is 14.8 Å². The number of aliphatic hydroxyl groups excluding tert-OH is 1. The quantitative estimate of drug-likeness (QED) is 0.604. The molecule has 0 amide bonds. The van der Waals surface area contributed by atoms with Crippen LogP contribution >= 0.6 is 0 Å². The second-order valence-electron chi connectivity index (χ2n) is 8.44. The molecule has 7 nitrogen and oxygen atoms in total. The number of anilines is 1. The number of rotatable bonds is 4. The third kappa shape index (κ3) is 3.79. The van der Waals surface area contributed by atoms with Crippen molar-refractivity contribution in [2.24, 2.45) is 4.99 Å². The molecule has 2 aliphatic heterocycles. The Morgan fingerprint density at radius 3 is 2.76 bits per heavy atom. The average molecular weight is 458 g/mol. The van der Waals surface area contributed by atoms with Gasteiger partial charge in [0.05, 0.1) is 30.5 Å². The molecule has 2 aromatic carbocycles. The van der Waals surface area contributed by atoms with Crippen LogP contribution in [0.5, 0.6) is 5.75 Å². The van der Waals surface area contributed by atoms with Crippen LogP contribution in [0.2, 0.25) is 0 Å². The summed E-state index contributed by atoms with van der Waals surface area (Å²) in [5.74, 6) is 0.199. The Morgan fingerprint density at radius 2 is 2.09 bits per heavy atom. The maximum atomic E-state index is 14.6. The molecule has 5 rings (SSSR count). The number of pyridine rings is 1. The third-order valence-corrected chi connectivity index (χ3v) is 6.26. The molecule has 34 heavy (non-hydrogen) atoms. The zero-order valence-corrected chi connectivity index (χ0v) is 18.9. The summed E-state index contributed by atoms with van der Waals surface area (Å²) in [4.78, 5) is 10.9. The number of methoxy groups -OCH3 is 1. The molecule has 2 N–H and O–H groups in total. The number of nitriles is 1. The summed E-state index contributed by atoms with van der Waals surface area (Å²) >= 11 is 0. The summed E-state index contributed by atoms with van der Waals surface area (Å²) in [6.07, 6.45) is 2.37. The number of aliphatic hydroxyl groups is 1. The number of amidine groups is 1. The van der Waals surface area contributed by atoms with Gasteiger partial charge < -0.3 is 15.2 Å². The normalized spacial score (nSPS) is 19.4. The number of benzene rings is 2. The summed E-state index contributed by atoms with van der Waals surface area (Å²) in [6, 6.07) is 13.9. The summed E-state index contributed by atoms with van der Waals surface area (Å²) < 4.78 is 19.7. The lowest BCUT2D eigenvalue weighted by Gasteiger charge is -2.38. The Morgan fingerprint density at radius 1 is 1.24 bits per heavy atom. The predicted octanol–water partition coefficient (Wildman–Crippen LogP) is 4.37. The van der Waals surface area contributed by atoms with Gasteiger partial charge in [0.2, 0.25) is 0 Å². The minimum absolute atomic E-state index is 0.101. The van der Waals surface area contributed by atoms with Crippen molar-refractivity contribution in [1.82, 2.24) is 10.3 Å². The first kappa shape index (κ1) is 22.0. The molecule has 0 spiro atoms. The Labute approximate surface area is 197 Å². The molecule has 0 bridgehead atoms. The van der Waals surface area contributed by atoms with Crippen molar-refractivity contribution in [2.45, 2.75) is 32.0 Å². The molecular formula is C26H24FN5O2. The van der Waals surface area contributed by atoms with Crippen LogP contribution in [0.25, 0.3) is 11.1 Å². The smallest absolute Gasteiger partial charge is 0.167 e. The molecular weight excluding hydrogens is 433 g/mol. The number of aliphatic imine (C=N–C) groups is 1. The van der Waals surface area contributed by atoms with Gasteiger partial charge in [-0.3, -0.25) is 9.88 Å². The summed E-state index contributed by atoms with van der Waals surface area (Å²) in [5.41, 5.74) is 4.39. The fourth-order valence-electron chi connectivity index (χ4n) is 4.64. The molecule has 1 fully saturated rings. The summed E-state index contributed by atoms with van der Waals surface area (Å²) in [5, 5.41) is 24.7. The zero-order chi connectivity index (χ0) is 23.8. The van der Waals surface area contributed by atoms with Crippen molar-refractivity contribution in [3.8, 4) is 22.9 Å². The van der Waals surface area contributed by atoms with E-state index in [2.05, 4.69) is 16.4 Å². The average Bonchev–Trinajstić information content (AvgIpc) is 3.38. The van der Waals surface area contributed by atoms with Crippen molar-refractivity contribution in [2.75, 3.05) is 18.6 Å². The van der Waals surface area contributed by atoms with Crippen molar-refractivity contribution in [1.29, 1.82) is 5.26 Å². The Balaban J connectivity index is 1.73. The highest BCUT2D eigenvalue weighted by atomic mass is 19.1. The summed E-state index contributed by atoms with van der Waals surface area (Å²) in [7, 11) is 1.41. The third-order valence-electron chi connectivity index (χ3n) is 6.26. The molecule has 0 radical (unpaired) electrons. The molecule has 1 saturated heterocycles. The molecule has 8 heteroatoms. The second-order valence-corrected chi connectivity index (χ2v) is 8.44. The van der Waals surface area contributed by atoms with E-state index in [-0.39, 0.29) is 11.8 Å². The largest absolute Gasteiger partial charge is 0.494 e. The van der Waals surface area contributed by atoms with Gasteiger partial charge in [-0.15, -0.1) is 0 Å². The Hall–Kier alpha value is -3.80. The molecule has 172 valence electrons. The van der Waals surface area contributed by atoms with E-state index in [1.165, 1.54) is 19.2 Å². The molecule has 3 aromatic rings. The number of fused-ring (bicyclic) bond motifs is 1. The van der Waals surface area contributed by atoms with Crippen LogP contribution < -0.4 is 15.0 Å². The van der Waals surface area contributed by atoms with Crippen molar-refractivity contribution < 1.29 is 14.2 Å². The van der Waals surface area contributed by atoms with Crippen molar-refractivity contribution >= 4 is 17.2 Å². The predicted molar refractivity (Wildman–Crippen MR) is 128 cm³/mol. The van der Waals surface area contributed by atoms with Gasteiger partial charge in [-0.25, -0.2) is 9.38 Å². The Bertz CT molecular complexity index is 1330. The Kier molecular flexibility index (Phi) is 5.74. The number of nitrogens with zero attached hydrogens (tertiary/aromatic N) is 4. The standard InChI is InChI=1S/C26H24FN5O2/c1-15-10-17(7-9-29-15)19-11-16(14-28)12-20-24(19)31-25(22-4-3-8-30-22)32(26(20)33)18-5-6-23(34-2)21(27)13-18/h5-7,9-13,22,26,30,33H,3-4,8H2,1-2H3. The van der Waals surface area contributed by atoms with Crippen LogP contribution in [0.3, 0.4) is 0 Å². The number of ether oxygens (including phenoxy) is 1. The van der Waals surface area contributed by atoms with Gasteiger partial charge in [0, 0.05) is 34.8 Å². The van der Waals surface area contributed by atoms with E-state index in [0.717, 1.165) is 36.2 Å². The monoisotopic (exact) mass is 457 g/mol. The molecule has 2 aliphatic rings. The minimum atomic E-state index is -1.16. The summed E-state index contributed by atoms with van der Waals surface area (Å²) in [6.45, 7) is 2.73. The van der Waals surface area contributed by atoms with Crippen LogP contribution in [-0.2, 0) is 0 Å². The van der Waals surface area contributed by atoms with E-state index in [1.54, 1.807) is 29.3 Å². The first-order valence-corrected chi connectivity index (χ1v) is 11.1. The van der Waals surface area contributed by atoms with Crippen molar-refractivity contribution in [3.05, 3.63) is 71.3 Å². The van der Waals surface area contributed by atoms with E-state index < -0.39 is 12.0 Å². The van der Waals surface area contributed by atoms with E-state index >= 15 is 0 Å². The highest BCUT2D eigenvalue weighted by Crippen LogP contribution is 2.44. The van der Waals surface area contributed by atoms with E-state index in [1.807, 2.05) is 19.1 Å². The van der Waals surface area contributed by atoms with Crippen molar-refractivity contribution in [3.63, 3.8) is 0 Å². The van der Waals surface area contributed by atoms with Crippen LogP contribution in [0.4, 0.5) is 15.8 Å². The number of nitrogens with one attached hydrogen (secondary N) is 1. The molecule has 1 aromatic heterocycles. The highest BCUT2D eigenvalue weighted by molar-refractivity contribution is 6.06. The maximum Gasteiger partial charge on any atom is 0.167 e. The van der Waals surface area contributed by atoms with Gasteiger partial charge in [-0.05, 0) is 68.3 Å². The number of aromatic nitrogens is 1. The lowest BCUT2D eigenvalue weighted by molar-refractivity contribution is 0.185. The van der Waals surface area contributed by atoms with Gasteiger partial charge in [0.1, 0.15) is 5.84 Å². The lowest BCUT2D eigenvalue weighted by atomic mass is 9.94. The minimum Gasteiger partial charge on any atom is -0.494 e. The van der Waals surface area contributed by atoms with E-state index in [4.69, 9.17) is 9.73 Å². The number of halogens is 1. The fourth-order valence-corrected chi connectivity index (χ4v) is 4.64. The van der Waals surface area contributed by atoms with Gasteiger partial charge in [-0.1, -0.05) is 0 Å². The van der Waals surface area contributed by atoms with Gasteiger partial charge in [0.15, 0.2) is 17.8 Å². The number of hydrogen-bond donors (Lipinski definition) is 2. The van der Waals surface area contributed by atoms with E-state index in [0.29, 0.717) is 28.3 Å². The zero-order valence-electron chi connectivity index (χ0n) is 18.9. The highest BCUT2D eigenvalue weighted by Gasteiger charge is 2.36. The first-order chi connectivity index (χ1) is 16.5. The molecule has 2 atom stereocenters.